The molecule has 1 aliphatic rings. The fourth-order valence-electron chi connectivity index (χ4n) is 3.67. The van der Waals surface area contributed by atoms with Gasteiger partial charge in [-0.05, 0) is 42.5 Å². The summed E-state index contributed by atoms with van der Waals surface area (Å²) >= 11 is 1.67. The van der Waals surface area contributed by atoms with Gasteiger partial charge in [-0.3, -0.25) is 0 Å². The van der Waals surface area contributed by atoms with Gasteiger partial charge in [0.15, 0.2) is 11.5 Å². The lowest BCUT2D eigenvalue weighted by molar-refractivity contribution is -0.914. The summed E-state index contributed by atoms with van der Waals surface area (Å²) in [5.41, 5.74) is 3.35. The van der Waals surface area contributed by atoms with Gasteiger partial charge < -0.3 is 24.4 Å². The molecule has 152 valence electrons. The molecule has 1 fully saturated rings. The first-order chi connectivity index (χ1) is 14.2. The zero-order chi connectivity index (χ0) is 20.2. The van der Waals surface area contributed by atoms with E-state index in [1.165, 1.54) is 5.69 Å². The van der Waals surface area contributed by atoms with Gasteiger partial charge in [0, 0.05) is 16.6 Å². The Balaban J connectivity index is 1.37. The highest BCUT2D eigenvalue weighted by molar-refractivity contribution is 7.13. The second kappa shape index (κ2) is 8.71. The lowest BCUT2D eigenvalue weighted by Gasteiger charge is -2.33. The molecule has 1 saturated heterocycles. The highest BCUT2D eigenvalue weighted by atomic mass is 32.1. The number of nitrogens with zero attached hydrogens (tertiary/aromatic N) is 2. The summed E-state index contributed by atoms with van der Waals surface area (Å²) in [6, 6.07) is 13.4. The van der Waals surface area contributed by atoms with E-state index in [2.05, 4.69) is 10.3 Å². The van der Waals surface area contributed by atoms with Gasteiger partial charge in [0.1, 0.15) is 23.0 Å². The third kappa shape index (κ3) is 4.46. The van der Waals surface area contributed by atoms with E-state index in [9.17, 15) is 5.11 Å². The van der Waals surface area contributed by atoms with Crippen molar-refractivity contribution in [2.45, 2.75) is 6.54 Å². The number of hydrogen-bond donors (Lipinski definition) is 2. The van der Waals surface area contributed by atoms with Crippen LogP contribution in [0, 0.1) is 0 Å². The van der Waals surface area contributed by atoms with Crippen LogP contribution in [0.2, 0.25) is 0 Å². The standard InChI is InChI=1S/C22H25N3O3S/c1-27-20-8-3-16(13-21(20)28-2)22-23-17(15-29-22)14-24-9-11-25(12-10-24)18-4-6-19(26)7-5-18/h3-8,13,15,26H,9-12,14H2,1-2H3/p+1. The first-order valence-corrected chi connectivity index (χ1v) is 10.6. The van der Waals surface area contributed by atoms with Crippen LogP contribution >= 0.6 is 11.3 Å². The summed E-state index contributed by atoms with van der Waals surface area (Å²) in [5.74, 6) is 1.76. The number of nitrogens with one attached hydrogen (secondary N) is 1. The Morgan fingerprint density at radius 1 is 1.03 bits per heavy atom. The van der Waals surface area contributed by atoms with Gasteiger partial charge >= 0.3 is 0 Å². The molecule has 0 aliphatic carbocycles. The van der Waals surface area contributed by atoms with E-state index in [0.717, 1.165) is 60.5 Å². The number of rotatable bonds is 6. The van der Waals surface area contributed by atoms with Crippen LogP contribution in [0.3, 0.4) is 0 Å². The molecule has 0 unspecified atom stereocenters. The van der Waals surface area contributed by atoms with E-state index in [-0.39, 0.29) is 0 Å². The van der Waals surface area contributed by atoms with Crippen LogP contribution in [0.5, 0.6) is 17.2 Å². The highest BCUT2D eigenvalue weighted by Crippen LogP contribution is 2.33. The molecule has 2 aromatic carbocycles. The van der Waals surface area contributed by atoms with Crippen molar-refractivity contribution < 1.29 is 19.5 Å². The quantitative estimate of drug-likeness (QED) is 0.651. The molecule has 1 aromatic heterocycles. The minimum atomic E-state index is 0.312. The predicted octanol–water partition coefficient (Wildman–Crippen LogP) is 2.44. The summed E-state index contributed by atoms with van der Waals surface area (Å²) in [4.78, 5) is 8.77. The number of aromatic hydroxyl groups is 1. The number of quaternary nitrogens is 1. The molecular formula is C22H26N3O3S+. The van der Waals surface area contributed by atoms with Crippen molar-refractivity contribution in [2.24, 2.45) is 0 Å². The normalized spacial score (nSPS) is 14.8. The number of anilines is 1. The lowest BCUT2D eigenvalue weighted by Crippen LogP contribution is -3.13. The van der Waals surface area contributed by atoms with E-state index in [1.54, 1.807) is 42.6 Å². The number of benzene rings is 2. The van der Waals surface area contributed by atoms with E-state index < -0.39 is 0 Å². The minimum absolute atomic E-state index is 0.312. The molecular weight excluding hydrogens is 386 g/mol. The highest BCUT2D eigenvalue weighted by Gasteiger charge is 2.21. The maximum atomic E-state index is 9.46. The number of thiazole rings is 1. The SMILES string of the molecule is COc1ccc(-c2nc(C[NH+]3CCN(c4ccc(O)cc4)CC3)cs2)cc1OC. The van der Waals surface area contributed by atoms with Crippen LogP contribution in [-0.2, 0) is 6.54 Å². The zero-order valence-electron chi connectivity index (χ0n) is 16.7. The van der Waals surface area contributed by atoms with Gasteiger partial charge in [-0.2, -0.15) is 0 Å². The number of aromatic nitrogens is 1. The summed E-state index contributed by atoms with van der Waals surface area (Å²) in [6.07, 6.45) is 0. The third-order valence-electron chi connectivity index (χ3n) is 5.30. The second-order valence-corrected chi connectivity index (χ2v) is 8.00. The summed E-state index contributed by atoms with van der Waals surface area (Å²) < 4.78 is 10.7. The van der Waals surface area contributed by atoms with Gasteiger partial charge in [0.2, 0.25) is 0 Å². The van der Waals surface area contributed by atoms with E-state index in [0.29, 0.717) is 5.75 Å². The molecule has 6 nitrogen and oxygen atoms in total. The van der Waals surface area contributed by atoms with E-state index in [4.69, 9.17) is 14.5 Å². The predicted molar refractivity (Wildman–Crippen MR) is 115 cm³/mol. The lowest BCUT2D eigenvalue weighted by atomic mass is 10.2. The van der Waals surface area contributed by atoms with Crippen molar-refractivity contribution in [3.8, 4) is 27.8 Å². The van der Waals surface area contributed by atoms with Crippen LogP contribution in [0.25, 0.3) is 10.6 Å². The number of ether oxygens (including phenoxy) is 2. The summed E-state index contributed by atoms with van der Waals surface area (Å²) in [7, 11) is 3.29. The van der Waals surface area contributed by atoms with Crippen molar-refractivity contribution in [1.29, 1.82) is 0 Å². The largest absolute Gasteiger partial charge is 0.508 e. The molecule has 0 bridgehead atoms. The molecule has 29 heavy (non-hydrogen) atoms. The average Bonchev–Trinajstić information content (AvgIpc) is 3.23. The fourth-order valence-corrected chi connectivity index (χ4v) is 4.48. The van der Waals surface area contributed by atoms with Gasteiger partial charge in [-0.1, -0.05) is 0 Å². The first-order valence-electron chi connectivity index (χ1n) is 9.70. The Bertz CT molecular complexity index is 950. The number of piperazine rings is 1. The Morgan fingerprint density at radius 2 is 1.76 bits per heavy atom. The Morgan fingerprint density at radius 3 is 2.45 bits per heavy atom. The molecule has 3 aromatic rings. The van der Waals surface area contributed by atoms with Crippen molar-refractivity contribution in [3.63, 3.8) is 0 Å². The molecule has 0 atom stereocenters. The van der Waals surface area contributed by atoms with Crippen LogP contribution < -0.4 is 19.3 Å². The van der Waals surface area contributed by atoms with Crippen LogP contribution in [0.4, 0.5) is 5.69 Å². The Hall–Kier alpha value is -2.77. The molecule has 0 amide bonds. The van der Waals surface area contributed by atoms with E-state index >= 15 is 0 Å². The van der Waals surface area contributed by atoms with Crippen LogP contribution in [0.15, 0.2) is 47.8 Å². The summed E-state index contributed by atoms with van der Waals surface area (Å²) in [5, 5.41) is 12.6. The molecule has 4 rings (SSSR count). The van der Waals surface area contributed by atoms with Gasteiger partial charge in [0.05, 0.1) is 40.4 Å². The van der Waals surface area contributed by atoms with Crippen molar-refractivity contribution in [3.05, 3.63) is 53.5 Å². The van der Waals surface area contributed by atoms with Crippen LogP contribution in [0.1, 0.15) is 5.69 Å². The number of methoxy groups -OCH3 is 2. The molecule has 7 heteroatoms. The number of hydrogen-bond acceptors (Lipinski definition) is 6. The number of phenols is 1. The minimum Gasteiger partial charge on any atom is -0.508 e. The second-order valence-electron chi connectivity index (χ2n) is 7.14. The van der Waals surface area contributed by atoms with E-state index in [1.807, 2.05) is 30.3 Å². The average molecular weight is 413 g/mol. The molecule has 2 N–H and O–H groups in total. The zero-order valence-corrected chi connectivity index (χ0v) is 17.5. The van der Waals surface area contributed by atoms with Gasteiger partial charge in [-0.25, -0.2) is 4.98 Å². The molecule has 2 heterocycles. The molecule has 0 spiro atoms. The number of phenolic OH excluding ortho intramolecular Hbond substituents is 1. The Kier molecular flexibility index (Phi) is 5.87. The first kappa shape index (κ1) is 19.5. The molecule has 0 saturated carbocycles. The van der Waals surface area contributed by atoms with Crippen LogP contribution in [-0.4, -0.2) is 50.5 Å². The van der Waals surface area contributed by atoms with Crippen molar-refractivity contribution in [2.75, 3.05) is 45.3 Å². The van der Waals surface area contributed by atoms with Crippen molar-refractivity contribution in [1.82, 2.24) is 4.98 Å². The maximum absolute atomic E-state index is 9.46. The van der Waals surface area contributed by atoms with Crippen molar-refractivity contribution >= 4 is 17.0 Å². The smallest absolute Gasteiger partial charge is 0.161 e. The monoisotopic (exact) mass is 412 g/mol. The topological polar surface area (TPSA) is 59.3 Å². The van der Waals surface area contributed by atoms with Gasteiger partial charge in [0.25, 0.3) is 0 Å². The third-order valence-corrected chi connectivity index (χ3v) is 6.24. The Labute approximate surface area is 174 Å². The molecule has 0 radical (unpaired) electrons. The molecule has 1 aliphatic heterocycles. The summed E-state index contributed by atoms with van der Waals surface area (Å²) in [6.45, 7) is 5.10. The fraction of sp³-hybridized carbons (Fsp3) is 0.318. The van der Waals surface area contributed by atoms with Gasteiger partial charge in [-0.15, -0.1) is 11.3 Å². The maximum Gasteiger partial charge on any atom is 0.161 e.